The molecular formula is C23H37NO3. The fraction of sp³-hybridized carbons (Fsp3) is 0.739. The van der Waals surface area contributed by atoms with Gasteiger partial charge in [0.15, 0.2) is 11.5 Å². The molecule has 1 saturated carbocycles. The summed E-state index contributed by atoms with van der Waals surface area (Å²) in [6, 6.07) is 6.64. The third kappa shape index (κ3) is 6.39. The van der Waals surface area contributed by atoms with Crippen molar-refractivity contribution in [1.29, 1.82) is 0 Å². The van der Waals surface area contributed by atoms with Crippen LogP contribution in [0.1, 0.15) is 89.0 Å². The second-order valence-electron chi connectivity index (χ2n) is 8.30. The van der Waals surface area contributed by atoms with E-state index in [1.807, 2.05) is 6.07 Å². The number of ether oxygens (including phenoxy) is 2. The van der Waals surface area contributed by atoms with Crippen LogP contribution in [0.2, 0.25) is 0 Å². The Morgan fingerprint density at radius 1 is 0.926 bits per heavy atom. The van der Waals surface area contributed by atoms with E-state index in [4.69, 9.17) is 9.47 Å². The van der Waals surface area contributed by atoms with E-state index >= 15 is 0 Å². The first-order valence-electron chi connectivity index (χ1n) is 11.1. The minimum atomic E-state index is -0.217. The van der Waals surface area contributed by atoms with Crippen molar-refractivity contribution in [2.45, 2.75) is 95.6 Å². The van der Waals surface area contributed by atoms with Gasteiger partial charge in [0.05, 0.1) is 6.10 Å². The lowest BCUT2D eigenvalue weighted by molar-refractivity contribution is 0.100. The topological polar surface area (TPSA) is 50.7 Å². The van der Waals surface area contributed by atoms with Gasteiger partial charge in [-0.3, -0.25) is 0 Å². The van der Waals surface area contributed by atoms with E-state index in [1.54, 1.807) is 0 Å². The molecule has 4 heteroatoms. The van der Waals surface area contributed by atoms with Gasteiger partial charge in [-0.2, -0.15) is 0 Å². The number of benzene rings is 1. The molecule has 0 bridgehead atoms. The lowest BCUT2D eigenvalue weighted by Crippen LogP contribution is -2.39. The Bertz CT molecular complexity index is 563. The number of rotatable bonds is 11. The molecule has 3 unspecified atom stereocenters. The monoisotopic (exact) mass is 375 g/mol. The molecule has 0 amide bonds. The quantitative estimate of drug-likeness (QED) is 0.526. The third-order valence-corrected chi connectivity index (χ3v) is 6.01. The molecule has 4 nitrogen and oxygen atoms in total. The summed E-state index contributed by atoms with van der Waals surface area (Å²) in [6.45, 7) is 3.65. The van der Waals surface area contributed by atoms with E-state index in [2.05, 4.69) is 24.4 Å². The molecule has 1 fully saturated rings. The van der Waals surface area contributed by atoms with Gasteiger partial charge in [-0.1, -0.05) is 57.9 Å². The summed E-state index contributed by atoms with van der Waals surface area (Å²) in [5.74, 6) is 2.06. The molecular weight excluding hydrogens is 338 g/mol. The molecule has 3 atom stereocenters. The molecule has 0 saturated heterocycles. The van der Waals surface area contributed by atoms with Crippen molar-refractivity contribution in [1.82, 2.24) is 5.32 Å². The van der Waals surface area contributed by atoms with Gasteiger partial charge in [0, 0.05) is 6.04 Å². The molecule has 1 heterocycles. The summed E-state index contributed by atoms with van der Waals surface area (Å²) in [7, 11) is 0. The minimum absolute atomic E-state index is 0.217. The van der Waals surface area contributed by atoms with Gasteiger partial charge < -0.3 is 19.9 Å². The third-order valence-electron chi connectivity index (χ3n) is 6.01. The molecule has 152 valence electrons. The molecule has 2 N–H and O–H groups in total. The highest BCUT2D eigenvalue weighted by atomic mass is 16.7. The van der Waals surface area contributed by atoms with Crippen molar-refractivity contribution in [3.63, 3.8) is 0 Å². The van der Waals surface area contributed by atoms with Crippen LogP contribution in [-0.2, 0) is 0 Å². The van der Waals surface area contributed by atoms with E-state index in [1.165, 1.54) is 56.9 Å². The first-order valence-corrected chi connectivity index (χ1v) is 11.1. The zero-order valence-electron chi connectivity index (χ0n) is 16.9. The molecule has 3 rings (SSSR count). The van der Waals surface area contributed by atoms with Gasteiger partial charge in [-0.15, -0.1) is 0 Å². The van der Waals surface area contributed by atoms with Crippen LogP contribution >= 0.6 is 0 Å². The Morgan fingerprint density at radius 2 is 1.67 bits per heavy atom. The predicted octanol–water partition coefficient (Wildman–Crippen LogP) is 5.14. The number of hydrogen-bond donors (Lipinski definition) is 2. The normalized spacial score (nSPS) is 24.3. The second kappa shape index (κ2) is 10.9. The summed E-state index contributed by atoms with van der Waals surface area (Å²) >= 11 is 0. The smallest absolute Gasteiger partial charge is 0.231 e. The Balaban J connectivity index is 1.36. The van der Waals surface area contributed by atoms with Crippen molar-refractivity contribution in [2.75, 3.05) is 13.3 Å². The lowest BCUT2D eigenvalue weighted by atomic mass is 9.79. The Labute approximate surface area is 164 Å². The van der Waals surface area contributed by atoms with Crippen molar-refractivity contribution in [3.8, 4) is 11.5 Å². The van der Waals surface area contributed by atoms with E-state index < -0.39 is 0 Å². The van der Waals surface area contributed by atoms with Crippen molar-refractivity contribution in [3.05, 3.63) is 23.8 Å². The zero-order valence-corrected chi connectivity index (χ0v) is 16.9. The summed E-state index contributed by atoms with van der Waals surface area (Å²) < 4.78 is 10.9. The second-order valence-corrected chi connectivity index (χ2v) is 8.30. The van der Waals surface area contributed by atoms with Crippen LogP contribution in [0.25, 0.3) is 0 Å². The van der Waals surface area contributed by atoms with Crippen molar-refractivity contribution < 1.29 is 14.6 Å². The average Bonchev–Trinajstić information content (AvgIpc) is 3.14. The minimum Gasteiger partial charge on any atom is -0.454 e. The van der Waals surface area contributed by atoms with Gasteiger partial charge in [-0.05, 0) is 55.8 Å². The van der Waals surface area contributed by atoms with Crippen LogP contribution in [0.4, 0.5) is 0 Å². The van der Waals surface area contributed by atoms with E-state index in [0.717, 1.165) is 37.3 Å². The van der Waals surface area contributed by atoms with Crippen molar-refractivity contribution in [2.24, 2.45) is 0 Å². The van der Waals surface area contributed by atoms with E-state index in [9.17, 15) is 5.11 Å². The van der Waals surface area contributed by atoms with Gasteiger partial charge in [0.2, 0.25) is 6.79 Å². The van der Waals surface area contributed by atoms with E-state index in [-0.39, 0.29) is 6.10 Å². The maximum Gasteiger partial charge on any atom is 0.231 e. The predicted molar refractivity (Wildman–Crippen MR) is 110 cm³/mol. The molecule has 1 aromatic carbocycles. The van der Waals surface area contributed by atoms with Gasteiger partial charge in [-0.25, -0.2) is 0 Å². The lowest BCUT2D eigenvalue weighted by Gasteiger charge is -2.33. The number of aliphatic hydroxyl groups is 1. The molecule has 1 aliphatic heterocycles. The van der Waals surface area contributed by atoms with E-state index in [0.29, 0.717) is 18.8 Å². The Morgan fingerprint density at radius 3 is 2.48 bits per heavy atom. The van der Waals surface area contributed by atoms with Crippen LogP contribution in [-0.4, -0.2) is 30.6 Å². The highest BCUT2D eigenvalue weighted by molar-refractivity contribution is 5.45. The summed E-state index contributed by atoms with van der Waals surface area (Å²) in [5.41, 5.74) is 1.26. The fourth-order valence-electron chi connectivity index (χ4n) is 4.46. The van der Waals surface area contributed by atoms with Gasteiger partial charge in [0.25, 0.3) is 0 Å². The Kier molecular flexibility index (Phi) is 8.28. The standard InChI is InChI=1S/C23H37NO3/c1-2-3-4-5-6-7-8-9-12-24-20-13-19(14-21(25)16-20)18-10-11-22-23(15-18)27-17-26-22/h10-11,15,19-21,24-25H,2-9,12-14,16-17H2,1H3. The number of nitrogens with one attached hydrogen (secondary N) is 1. The fourth-order valence-corrected chi connectivity index (χ4v) is 4.46. The highest BCUT2D eigenvalue weighted by Gasteiger charge is 2.29. The largest absolute Gasteiger partial charge is 0.454 e. The van der Waals surface area contributed by atoms with Crippen molar-refractivity contribution >= 4 is 0 Å². The summed E-state index contributed by atoms with van der Waals surface area (Å²) in [5, 5.41) is 14.1. The van der Waals surface area contributed by atoms with Gasteiger partial charge in [0.1, 0.15) is 0 Å². The average molecular weight is 376 g/mol. The number of unbranched alkanes of at least 4 members (excludes halogenated alkanes) is 7. The molecule has 27 heavy (non-hydrogen) atoms. The number of hydrogen-bond acceptors (Lipinski definition) is 4. The molecule has 2 aliphatic rings. The molecule has 1 aliphatic carbocycles. The molecule has 0 spiro atoms. The maximum absolute atomic E-state index is 10.4. The van der Waals surface area contributed by atoms with Crippen LogP contribution in [0.3, 0.4) is 0 Å². The SMILES string of the molecule is CCCCCCCCCCNC1CC(O)CC(c2ccc3c(c2)OCO3)C1. The first kappa shape index (κ1) is 20.5. The van der Waals surface area contributed by atoms with Crippen LogP contribution in [0, 0.1) is 0 Å². The van der Waals surface area contributed by atoms with Gasteiger partial charge >= 0.3 is 0 Å². The molecule has 1 aromatic rings. The highest BCUT2D eigenvalue weighted by Crippen LogP contribution is 2.39. The van der Waals surface area contributed by atoms with Crippen LogP contribution < -0.4 is 14.8 Å². The van der Waals surface area contributed by atoms with Crippen LogP contribution in [0.15, 0.2) is 18.2 Å². The zero-order chi connectivity index (χ0) is 18.9. The Hall–Kier alpha value is -1.26. The summed E-state index contributed by atoms with van der Waals surface area (Å²) in [4.78, 5) is 0. The first-order chi connectivity index (χ1) is 13.3. The molecule has 0 aromatic heterocycles. The van der Waals surface area contributed by atoms with Crippen LogP contribution in [0.5, 0.6) is 11.5 Å². The number of aliphatic hydroxyl groups excluding tert-OH is 1. The maximum atomic E-state index is 10.4. The summed E-state index contributed by atoms with van der Waals surface area (Å²) in [6.07, 6.45) is 13.4. The molecule has 0 radical (unpaired) electrons. The number of fused-ring (bicyclic) bond motifs is 1.